The van der Waals surface area contributed by atoms with Gasteiger partial charge in [0.05, 0.1) is 108 Å². The Hall–Kier alpha value is -4.60. The molecule has 76 heavy (non-hydrogen) atoms. The lowest BCUT2D eigenvalue weighted by Gasteiger charge is -2.31. The third-order valence-corrected chi connectivity index (χ3v) is 16.0. The van der Waals surface area contributed by atoms with Crippen LogP contribution < -0.4 is 4.90 Å². The first-order chi connectivity index (χ1) is 35.7. The summed E-state index contributed by atoms with van der Waals surface area (Å²) >= 11 is 0. The summed E-state index contributed by atoms with van der Waals surface area (Å²) in [5.41, 5.74) is -0.414. The monoisotopic (exact) mass is 1150 g/mol. The molecule has 25 nitrogen and oxygen atoms in total. The van der Waals surface area contributed by atoms with Gasteiger partial charge < -0.3 is 56.4 Å². The average molecular weight is 1150 g/mol. The summed E-state index contributed by atoms with van der Waals surface area (Å²) in [6.45, 7) is 5.70. The van der Waals surface area contributed by atoms with Crippen molar-refractivity contribution in [3.63, 3.8) is 0 Å². The molecule has 0 N–H and O–H groups in total. The van der Waals surface area contributed by atoms with Crippen molar-refractivity contribution < 1.29 is 104 Å². The molecule has 0 radical (unpaired) electrons. The number of anilines is 1. The lowest BCUT2D eigenvalue weighted by atomic mass is 9.75. The minimum atomic E-state index is -5.04. The molecule has 29 heteroatoms. The van der Waals surface area contributed by atoms with Crippen LogP contribution in [0.1, 0.15) is 69.9 Å². The number of rotatable bonds is 34. The Labute approximate surface area is 442 Å². The van der Waals surface area contributed by atoms with E-state index in [1.54, 1.807) is 48.7 Å². The molecule has 2 aromatic rings. The third kappa shape index (κ3) is 17.5. The van der Waals surface area contributed by atoms with Crippen LogP contribution in [0, 0.1) is 0 Å². The van der Waals surface area contributed by atoms with Crippen LogP contribution in [0.15, 0.2) is 70.1 Å². The SMILES string of the molecule is COCCOCCOCCOCCOCCN1C(=CC=CC2=[N+](CCOCCC(=O)ON3C(=O)CCC3=O)c3ccc(S(=O)(=O)[O-])cc3C2(C)CCCS(=O)(=O)[O-])C(C)(CCCS(=O)(=O)[O-])c2cc(S(=O)(=O)[O-])ccc21. The highest BCUT2D eigenvalue weighted by atomic mass is 32.2. The topological polar surface area (TPSA) is 354 Å². The number of nitrogens with zero attached hydrogens (tertiary/aromatic N) is 3. The van der Waals surface area contributed by atoms with Crippen LogP contribution in [0.3, 0.4) is 0 Å². The summed E-state index contributed by atoms with van der Waals surface area (Å²) in [7, 11) is -17.9. The van der Waals surface area contributed by atoms with Crippen LogP contribution in [0.2, 0.25) is 0 Å². The predicted octanol–water partition coefficient (Wildman–Crippen LogP) is 1.45. The van der Waals surface area contributed by atoms with E-state index in [1.807, 2.05) is 0 Å². The zero-order valence-electron chi connectivity index (χ0n) is 42.2. The van der Waals surface area contributed by atoms with Crippen LogP contribution in [-0.2, 0) is 98.9 Å². The fraction of sp³-hybridized carbons (Fsp3) is 0.574. The van der Waals surface area contributed by atoms with Crippen molar-refractivity contribution in [2.24, 2.45) is 0 Å². The van der Waals surface area contributed by atoms with E-state index in [2.05, 4.69) is 0 Å². The van der Waals surface area contributed by atoms with Gasteiger partial charge in [0.1, 0.15) is 26.8 Å². The minimum absolute atomic E-state index is 0.0238. The summed E-state index contributed by atoms with van der Waals surface area (Å²) < 4.78 is 180. The Morgan fingerprint density at radius 2 is 1.16 bits per heavy atom. The van der Waals surface area contributed by atoms with Crippen molar-refractivity contribution in [1.82, 2.24) is 5.06 Å². The summed E-state index contributed by atoms with van der Waals surface area (Å²) in [6.07, 6.45) is 3.69. The van der Waals surface area contributed by atoms with Crippen LogP contribution >= 0.6 is 0 Å². The Balaban J connectivity index is 1.50. The first kappa shape index (κ1) is 62.2. The third-order valence-electron chi connectivity index (χ3n) is 12.8. The molecule has 0 aromatic heterocycles. The molecule has 1 fully saturated rings. The number of hydrogen-bond donors (Lipinski definition) is 0. The van der Waals surface area contributed by atoms with Crippen molar-refractivity contribution in [3.05, 3.63) is 71.5 Å². The highest BCUT2D eigenvalue weighted by molar-refractivity contribution is 7.86. The maximum absolute atomic E-state index is 12.5. The Bertz CT molecular complexity index is 2950. The van der Waals surface area contributed by atoms with Gasteiger partial charge in [-0.15, -0.1) is 5.06 Å². The number of ether oxygens (including phenoxy) is 6. The van der Waals surface area contributed by atoms with E-state index in [1.165, 1.54) is 18.2 Å². The molecule has 3 aliphatic heterocycles. The van der Waals surface area contributed by atoms with Crippen molar-refractivity contribution in [2.75, 3.05) is 109 Å². The number of amides is 2. The van der Waals surface area contributed by atoms with Gasteiger partial charge in [-0.2, -0.15) is 4.58 Å². The average Bonchev–Trinajstić information content (AvgIpc) is 3.85. The molecule has 0 spiro atoms. The molecule has 5 rings (SSSR count). The van der Waals surface area contributed by atoms with Crippen LogP contribution in [0.25, 0.3) is 0 Å². The summed E-state index contributed by atoms with van der Waals surface area (Å²) in [5, 5.41) is 0.397. The summed E-state index contributed by atoms with van der Waals surface area (Å²) in [4.78, 5) is 41.8. The van der Waals surface area contributed by atoms with Crippen LogP contribution in [0.5, 0.6) is 0 Å². The molecule has 424 valence electrons. The lowest BCUT2D eigenvalue weighted by molar-refractivity contribution is -0.442. The van der Waals surface area contributed by atoms with E-state index in [4.69, 9.17) is 33.3 Å². The molecule has 2 aromatic carbocycles. The second-order valence-electron chi connectivity index (χ2n) is 18.1. The number of imide groups is 1. The molecule has 3 heterocycles. The van der Waals surface area contributed by atoms with Crippen molar-refractivity contribution in [2.45, 2.75) is 79.4 Å². The summed E-state index contributed by atoms with van der Waals surface area (Å²) in [6, 6.07) is 7.38. The number of benzene rings is 2. The van der Waals surface area contributed by atoms with E-state index < -0.39 is 90.4 Å². The maximum Gasteiger partial charge on any atom is 0.335 e. The largest absolute Gasteiger partial charge is 0.748 e. The first-order valence-corrected chi connectivity index (χ1v) is 30.0. The van der Waals surface area contributed by atoms with Gasteiger partial charge in [-0.05, 0) is 81.5 Å². The van der Waals surface area contributed by atoms with E-state index >= 15 is 0 Å². The quantitative estimate of drug-likeness (QED) is 0.0414. The molecule has 2 unspecified atom stereocenters. The van der Waals surface area contributed by atoms with Crippen molar-refractivity contribution in [3.8, 4) is 0 Å². The normalized spacial score (nSPS) is 19.7. The minimum Gasteiger partial charge on any atom is -0.748 e. The number of methoxy groups -OCH3 is 1. The van der Waals surface area contributed by atoms with Gasteiger partial charge >= 0.3 is 5.97 Å². The molecule has 0 aliphatic carbocycles. The molecule has 3 aliphatic rings. The predicted molar refractivity (Wildman–Crippen MR) is 263 cm³/mol. The lowest BCUT2D eigenvalue weighted by Crippen LogP contribution is -2.33. The van der Waals surface area contributed by atoms with Crippen LogP contribution in [0.4, 0.5) is 11.4 Å². The first-order valence-electron chi connectivity index (χ1n) is 24.0. The fourth-order valence-corrected chi connectivity index (χ4v) is 11.1. The standard InChI is InChI=1S/C47H65N3O22S4/c1-46(16-5-31-73(54,55)56)37-33-35(75(60,61)62)9-11-39(37)48(18-21-67-20-15-45(53)72-50-43(51)13-14-44(50)52)41(46)7-4-8-42-47(2,17-6-32-74(57,58)59)38-34-36(76(63,64)65)10-12-40(38)49(42)19-22-68-25-26-70-29-30-71-28-27-69-24-23-66-3/h4,7-12,33-34H,5-6,13-32H2,1-3H3,(H3-,54,55,56,57,58,59,60,61,62,63,64,65)/p-3. The zero-order valence-corrected chi connectivity index (χ0v) is 45.5. The number of carbonyl (C=O) groups excluding carboxylic acids is 3. The molecule has 0 bridgehead atoms. The van der Waals surface area contributed by atoms with Gasteiger partial charge in [0.2, 0.25) is 5.69 Å². The zero-order chi connectivity index (χ0) is 56.0. The number of hydrogen-bond acceptors (Lipinski definition) is 23. The van der Waals surface area contributed by atoms with Crippen molar-refractivity contribution in [1.29, 1.82) is 0 Å². The van der Waals surface area contributed by atoms with Crippen molar-refractivity contribution >= 4 is 75.3 Å². The molecular formula is C47H62N3O22S4-3. The molecule has 1 saturated heterocycles. The molecule has 2 atom stereocenters. The number of fused-ring (bicyclic) bond motifs is 2. The second-order valence-corrected chi connectivity index (χ2v) is 23.9. The molecule has 2 amide bonds. The number of hydroxylamine groups is 2. The highest BCUT2D eigenvalue weighted by Gasteiger charge is 2.48. The second kappa shape index (κ2) is 27.3. The Morgan fingerprint density at radius 1 is 0.658 bits per heavy atom. The number of allylic oxidation sites excluding steroid dienone is 4. The van der Waals surface area contributed by atoms with Gasteiger partial charge in [0.15, 0.2) is 12.3 Å². The van der Waals surface area contributed by atoms with E-state index in [-0.39, 0.29) is 103 Å². The molecule has 0 saturated carbocycles. The van der Waals surface area contributed by atoms with Gasteiger partial charge in [-0.1, -0.05) is 6.08 Å². The van der Waals surface area contributed by atoms with E-state index in [0.29, 0.717) is 66.4 Å². The van der Waals surface area contributed by atoms with E-state index in [9.17, 15) is 66.3 Å². The Kier molecular flexibility index (Phi) is 22.4. The van der Waals surface area contributed by atoms with Crippen LogP contribution in [-0.4, -0.2) is 189 Å². The fourth-order valence-electron chi connectivity index (χ4n) is 9.10. The summed E-state index contributed by atoms with van der Waals surface area (Å²) in [5.74, 6) is -3.83. The van der Waals surface area contributed by atoms with Gasteiger partial charge in [-0.3, -0.25) is 9.59 Å². The number of carbonyl (C=O) groups is 3. The molecular weight excluding hydrogens is 1090 g/mol. The highest BCUT2D eigenvalue weighted by Crippen LogP contribution is 2.51. The van der Waals surface area contributed by atoms with Gasteiger partial charge in [-0.25, -0.2) is 38.5 Å². The van der Waals surface area contributed by atoms with Gasteiger partial charge in [0.25, 0.3) is 11.8 Å². The smallest absolute Gasteiger partial charge is 0.335 e. The van der Waals surface area contributed by atoms with E-state index in [0.717, 1.165) is 18.2 Å². The maximum atomic E-state index is 12.5. The van der Waals surface area contributed by atoms with Gasteiger partial charge in [0, 0.05) is 72.5 Å². The Morgan fingerprint density at radius 3 is 1.70 bits per heavy atom.